The molecule has 2 heterocycles. The van der Waals surface area contributed by atoms with E-state index in [1.165, 1.54) is 0 Å². The number of benzene rings is 1. The quantitative estimate of drug-likeness (QED) is 0.624. The van der Waals surface area contributed by atoms with Crippen molar-refractivity contribution in [3.05, 3.63) is 53.4 Å². The Bertz CT molecular complexity index is 768. The molecule has 3 nitrogen and oxygen atoms in total. The molecule has 1 aromatic carbocycles. The lowest BCUT2D eigenvalue weighted by atomic mass is 10.2. The van der Waals surface area contributed by atoms with E-state index in [2.05, 4.69) is 16.0 Å². The van der Waals surface area contributed by atoms with Gasteiger partial charge in [0.15, 0.2) is 0 Å². The van der Waals surface area contributed by atoms with Crippen molar-refractivity contribution in [2.75, 3.05) is 0 Å². The lowest BCUT2D eigenvalue weighted by Gasteiger charge is -2.05. The van der Waals surface area contributed by atoms with E-state index in [1.807, 2.05) is 24.3 Å². The summed E-state index contributed by atoms with van der Waals surface area (Å²) >= 11 is 6.17. The molecule has 4 heteroatoms. The molecule has 3 rings (SSSR count). The summed E-state index contributed by atoms with van der Waals surface area (Å²) in [5.74, 6) is 2.60. The van der Waals surface area contributed by atoms with Crippen molar-refractivity contribution >= 4 is 22.5 Å². The Morgan fingerprint density at radius 2 is 2.00 bits per heavy atom. The Kier molecular flexibility index (Phi) is 2.51. The summed E-state index contributed by atoms with van der Waals surface area (Å²) in [5, 5.41) is 5.86. The average Bonchev–Trinajstić information content (AvgIpc) is 2.83. The van der Waals surface area contributed by atoms with Gasteiger partial charge in [0, 0.05) is 11.6 Å². The summed E-state index contributed by atoms with van der Waals surface area (Å²) in [5.41, 5.74) is 2.38. The largest absolute Gasteiger partial charge is 0.261 e. The van der Waals surface area contributed by atoms with Crippen LogP contribution in [0.15, 0.2) is 42.9 Å². The Hall–Kier alpha value is -2.31. The van der Waals surface area contributed by atoms with Crippen LogP contribution in [-0.4, -0.2) is 14.8 Å². The Balaban J connectivity index is 2.33. The highest BCUT2D eigenvalue weighted by Gasteiger charge is 2.09. The third kappa shape index (κ3) is 1.55. The normalized spacial score (nSPS) is 10.4. The van der Waals surface area contributed by atoms with E-state index >= 15 is 0 Å². The van der Waals surface area contributed by atoms with Gasteiger partial charge in [-0.2, -0.15) is 5.10 Å². The zero-order valence-electron chi connectivity index (χ0n) is 9.34. The standard InChI is InChI=1S/C14H8ClN3/c1-2-10-7-16-9-14-11(10)8-17-18(14)13-6-4-3-5-12(13)15/h1,3-9H. The molecule has 0 unspecified atom stereocenters. The first-order chi connectivity index (χ1) is 8.81. The summed E-state index contributed by atoms with van der Waals surface area (Å²) in [4.78, 5) is 4.13. The topological polar surface area (TPSA) is 30.7 Å². The van der Waals surface area contributed by atoms with Gasteiger partial charge in [-0.1, -0.05) is 29.7 Å². The summed E-state index contributed by atoms with van der Waals surface area (Å²) in [7, 11) is 0. The Morgan fingerprint density at radius 3 is 2.78 bits per heavy atom. The highest BCUT2D eigenvalue weighted by molar-refractivity contribution is 6.32. The van der Waals surface area contributed by atoms with E-state index in [1.54, 1.807) is 23.3 Å². The van der Waals surface area contributed by atoms with Crippen LogP contribution >= 0.6 is 11.6 Å². The van der Waals surface area contributed by atoms with E-state index in [9.17, 15) is 0 Å². The molecule has 0 N–H and O–H groups in total. The predicted octanol–water partition coefficient (Wildman–Crippen LogP) is 3.06. The number of hydrogen-bond donors (Lipinski definition) is 0. The van der Waals surface area contributed by atoms with Gasteiger partial charge >= 0.3 is 0 Å². The van der Waals surface area contributed by atoms with Crippen LogP contribution in [0.2, 0.25) is 5.02 Å². The zero-order valence-corrected chi connectivity index (χ0v) is 10.1. The van der Waals surface area contributed by atoms with Crippen LogP contribution in [0.25, 0.3) is 16.6 Å². The summed E-state index contributed by atoms with van der Waals surface area (Å²) in [6.45, 7) is 0. The lowest BCUT2D eigenvalue weighted by molar-refractivity contribution is 0.909. The number of terminal acetylenes is 1. The van der Waals surface area contributed by atoms with Gasteiger partial charge in [-0.25, -0.2) is 4.68 Å². The minimum absolute atomic E-state index is 0.633. The number of rotatable bonds is 1. The van der Waals surface area contributed by atoms with E-state index in [4.69, 9.17) is 18.0 Å². The minimum Gasteiger partial charge on any atom is -0.261 e. The molecule has 18 heavy (non-hydrogen) atoms. The van der Waals surface area contributed by atoms with E-state index in [0.717, 1.165) is 22.2 Å². The maximum Gasteiger partial charge on any atom is 0.0937 e. The Morgan fingerprint density at radius 1 is 1.17 bits per heavy atom. The van der Waals surface area contributed by atoms with Gasteiger partial charge in [0.2, 0.25) is 0 Å². The lowest BCUT2D eigenvalue weighted by Crippen LogP contribution is -1.97. The first kappa shape index (κ1) is 10.8. The van der Waals surface area contributed by atoms with Gasteiger partial charge in [-0.15, -0.1) is 6.42 Å². The van der Waals surface area contributed by atoms with E-state index < -0.39 is 0 Å². The van der Waals surface area contributed by atoms with Crippen LogP contribution < -0.4 is 0 Å². The molecule has 0 spiro atoms. The van der Waals surface area contributed by atoms with E-state index in [0.29, 0.717) is 5.02 Å². The smallest absolute Gasteiger partial charge is 0.0937 e. The van der Waals surface area contributed by atoms with Crippen LogP contribution in [0.1, 0.15) is 5.56 Å². The molecule has 0 radical (unpaired) electrons. The Labute approximate surface area is 109 Å². The SMILES string of the molecule is C#Cc1cncc2c1cnn2-c1ccccc1Cl. The number of nitrogens with zero attached hydrogens (tertiary/aromatic N) is 3. The van der Waals surface area contributed by atoms with Crippen LogP contribution in [0.5, 0.6) is 0 Å². The van der Waals surface area contributed by atoms with Crippen LogP contribution in [0.4, 0.5) is 0 Å². The number of para-hydroxylation sites is 1. The molecule has 0 fully saturated rings. The molecule has 0 saturated heterocycles. The fourth-order valence-corrected chi connectivity index (χ4v) is 2.09. The second-order valence-electron chi connectivity index (χ2n) is 3.77. The average molecular weight is 254 g/mol. The summed E-state index contributed by atoms with van der Waals surface area (Å²) in [6.07, 6.45) is 10.6. The second-order valence-corrected chi connectivity index (χ2v) is 4.18. The summed E-state index contributed by atoms with van der Waals surface area (Å²) < 4.78 is 1.74. The fraction of sp³-hybridized carbons (Fsp3) is 0. The third-order valence-electron chi connectivity index (χ3n) is 2.73. The highest BCUT2D eigenvalue weighted by atomic mass is 35.5. The van der Waals surface area contributed by atoms with Crippen molar-refractivity contribution < 1.29 is 0 Å². The van der Waals surface area contributed by atoms with Crippen molar-refractivity contribution in [2.24, 2.45) is 0 Å². The van der Waals surface area contributed by atoms with Crippen molar-refractivity contribution in [1.82, 2.24) is 14.8 Å². The molecular formula is C14H8ClN3. The van der Waals surface area contributed by atoms with E-state index in [-0.39, 0.29) is 0 Å². The molecule has 0 aliphatic heterocycles. The maximum absolute atomic E-state index is 6.17. The molecular weight excluding hydrogens is 246 g/mol. The van der Waals surface area contributed by atoms with Crippen molar-refractivity contribution in [3.63, 3.8) is 0 Å². The van der Waals surface area contributed by atoms with Crippen LogP contribution in [0.3, 0.4) is 0 Å². The molecule has 3 aromatic rings. The van der Waals surface area contributed by atoms with Gasteiger partial charge in [0.25, 0.3) is 0 Å². The third-order valence-corrected chi connectivity index (χ3v) is 3.05. The zero-order chi connectivity index (χ0) is 12.5. The number of halogens is 1. The van der Waals surface area contributed by atoms with Gasteiger partial charge < -0.3 is 0 Å². The number of hydrogen-bond acceptors (Lipinski definition) is 2. The number of aromatic nitrogens is 3. The van der Waals surface area contributed by atoms with Crippen LogP contribution in [0, 0.1) is 12.3 Å². The first-order valence-electron chi connectivity index (χ1n) is 5.34. The van der Waals surface area contributed by atoms with Crippen molar-refractivity contribution in [1.29, 1.82) is 0 Å². The van der Waals surface area contributed by atoms with Crippen LogP contribution in [-0.2, 0) is 0 Å². The monoisotopic (exact) mass is 253 g/mol. The molecule has 0 bridgehead atoms. The molecule has 0 amide bonds. The van der Waals surface area contributed by atoms with Gasteiger partial charge in [-0.05, 0) is 12.1 Å². The highest BCUT2D eigenvalue weighted by Crippen LogP contribution is 2.24. The van der Waals surface area contributed by atoms with Gasteiger partial charge in [0.05, 0.1) is 34.2 Å². The summed E-state index contributed by atoms with van der Waals surface area (Å²) in [6, 6.07) is 7.51. The maximum atomic E-state index is 6.17. The van der Waals surface area contributed by atoms with Crippen molar-refractivity contribution in [2.45, 2.75) is 0 Å². The van der Waals surface area contributed by atoms with Gasteiger partial charge in [0.1, 0.15) is 0 Å². The number of fused-ring (bicyclic) bond motifs is 1. The molecule has 0 saturated carbocycles. The molecule has 86 valence electrons. The predicted molar refractivity (Wildman–Crippen MR) is 71.8 cm³/mol. The second kappa shape index (κ2) is 4.17. The van der Waals surface area contributed by atoms with Crippen molar-refractivity contribution in [3.8, 4) is 18.0 Å². The number of pyridine rings is 1. The fourth-order valence-electron chi connectivity index (χ4n) is 1.87. The molecule has 0 atom stereocenters. The molecule has 0 aliphatic rings. The molecule has 0 aliphatic carbocycles. The van der Waals surface area contributed by atoms with Gasteiger partial charge in [-0.3, -0.25) is 4.98 Å². The molecule has 2 aromatic heterocycles. The first-order valence-corrected chi connectivity index (χ1v) is 5.72. The minimum atomic E-state index is 0.633.